The zero-order valence-electron chi connectivity index (χ0n) is 14.3. The number of carbonyl (C=O) groups is 2. The van der Waals surface area contributed by atoms with Crippen molar-refractivity contribution in [1.82, 2.24) is 10.3 Å². The number of pyridine rings is 1. The van der Waals surface area contributed by atoms with Crippen LogP contribution >= 0.6 is 0 Å². The van der Waals surface area contributed by atoms with Crippen molar-refractivity contribution in [2.24, 2.45) is 16.7 Å². The second-order valence-electron chi connectivity index (χ2n) is 9.08. The summed E-state index contributed by atoms with van der Waals surface area (Å²) in [5.74, 6) is -0.665. The first kappa shape index (κ1) is 15.6. The molecule has 4 saturated carbocycles. The summed E-state index contributed by atoms with van der Waals surface area (Å²) in [4.78, 5) is 27.8. The first-order valence-corrected chi connectivity index (χ1v) is 8.73. The summed E-state index contributed by atoms with van der Waals surface area (Å²) in [5, 5.41) is 12.3. The van der Waals surface area contributed by atoms with Crippen LogP contribution in [0.25, 0.3) is 0 Å². The minimum atomic E-state index is -1.11. The number of aromatic nitrogens is 1. The molecule has 0 aliphatic heterocycles. The molecule has 3 unspecified atom stereocenters. The molecule has 24 heavy (non-hydrogen) atoms. The maximum Gasteiger partial charge on any atom is 0.354 e. The van der Waals surface area contributed by atoms with E-state index in [9.17, 15) is 9.59 Å². The summed E-state index contributed by atoms with van der Waals surface area (Å²) in [6.45, 7) is 4.72. The Bertz CT molecular complexity index is 711. The van der Waals surface area contributed by atoms with Crippen molar-refractivity contribution >= 4 is 11.9 Å². The molecule has 4 fully saturated rings. The number of aromatic carboxylic acids is 1. The van der Waals surface area contributed by atoms with Crippen molar-refractivity contribution < 1.29 is 14.7 Å². The summed E-state index contributed by atoms with van der Waals surface area (Å²) >= 11 is 0. The van der Waals surface area contributed by atoms with Gasteiger partial charge in [0, 0.05) is 5.54 Å². The van der Waals surface area contributed by atoms with E-state index in [0.29, 0.717) is 16.7 Å². The number of nitrogens with zero attached hydrogens (tertiary/aromatic N) is 1. The predicted molar refractivity (Wildman–Crippen MR) is 88.8 cm³/mol. The third-order valence-electron chi connectivity index (χ3n) is 6.21. The molecule has 5 rings (SSSR count). The number of hydrogen-bond acceptors (Lipinski definition) is 3. The van der Waals surface area contributed by atoms with Crippen LogP contribution in [-0.2, 0) is 0 Å². The molecule has 1 aromatic rings. The maximum absolute atomic E-state index is 12.7. The van der Waals surface area contributed by atoms with Crippen LogP contribution < -0.4 is 5.32 Å². The van der Waals surface area contributed by atoms with Crippen molar-refractivity contribution in [2.45, 2.75) is 57.9 Å². The molecule has 4 bridgehead atoms. The van der Waals surface area contributed by atoms with Crippen LogP contribution in [0.1, 0.15) is 73.3 Å². The summed E-state index contributed by atoms with van der Waals surface area (Å²) < 4.78 is 0. The van der Waals surface area contributed by atoms with Crippen molar-refractivity contribution in [3.05, 3.63) is 29.6 Å². The topological polar surface area (TPSA) is 79.3 Å². The number of nitrogens with one attached hydrogen (secondary N) is 1. The monoisotopic (exact) mass is 328 g/mol. The fraction of sp³-hybridized carbons (Fsp3) is 0.632. The molecule has 0 radical (unpaired) electrons. The van der Waals surface area contributed by atoms with Gasteiger partial charge in [0.15, 0.2) is 0 Å². The quantitative estimate of drug-likeness (QED) is 0.892. The number of hydrogen-bond donors (Lipinski definition) is 2. The first-order valence-electron chi connectivity index (χ1n) is 8.73. The molecule has 4 aliphatic rings. The lowest BCUT2D eigenvalue weighted by Gasteiger charge is -2.65. The average Bonchev–Trinajstić information content (AvgIpc) is 2.42. The van der Waals surface area contributed by atoms with E-state index in [1.807, 2.05) is 0 Å². The van der Waals surface area contributed by atoms with Crippen molar-refractivity contribution in [3.63, 3.8) is 0 Å². The van der Waals surface area contributed by atoms with Crippen LogP contribution in [0.2, 0.25) is 0 Å². The van der Waals surface area contributed by atoms with Crippen LogP contribution in [0, 0.1) is 16.7 Å². The Morgan fingerprint density at radius 3 is 2.29 bits per heavy atom. The summed E-state index contributed by atoms with van der Waals surface area (Å²) in [6.07, 6.45) is 6.89. The Morgan fingerprint density at radius 2 is 1.71 bits per heavy atom. The lowest BCUT2D eigenvalue weighted by molar-refractivity contribution is -0.114. The number of amides is 1. The molecule has 0 aromatic carbocycles. The van der Waals surface area contributed by atoms with Gasteiger partial charge in [0.1, 0.15) is 11.4 Å². The lowest BCUT2D eigenvalue weighted by atomic mass is 9.43. The molecule has 4 aliphatic carbocycles. The molecular formula is C19H24N2O3. The lowest BCUT2D eigenvalue weighted by Crippen LogP contribution is -2.65. The molecule has 1 aromatic heterocycles. The standard InChI is InChI=1S/C19H24N2O3/c1-17-6-12-7-18(2,9-17)11-19(8-12,10-17)21-15(22)13-4-3-5-14(20-13)16(23)24/h3-5,12H,6-11H2,1-2H3,(H,21,22)(H,23,24)/t12?,17-,18?,19?/m0/s1. The van der Waals surface area contributed by atoms with Crippen molar-refractivity contribution in [1.29, 1.82) is 0 Å². The smallest absolute Gasteiger partial charge is 0.354 e. The van der Waals surface area contributed by atoms with Gasteiger partial charge in [-0.15, -0.1) is 0 Å². The molecule has 0 spiro atoms. The minimum Gasteiger partial charge on any atom is -0.477 e. The number of carbonyl (C=O) groups excluding carboxylic acids is 1. The molecule has 2 N–H and O–H groups in total. The van der Waals surface area contributed by atoms with Gasteiger partial charge in [-0.25, -0.2) is 9.78 Å². The third kappa shape index (κ3) is 2.50. The fourth-order valence-corrected chi connectivity index (χ4v) is 6.57. The zero-order valence-corrected chi connectivity index (χ0v) is 14.3. The minimum absolute atomic E-state index is 0.0907. The van der Waals surface area contributed by atoms with Crippen molar-refractivity contribution in [2.75, 3.05) is 0 Å². The Labute approximate surface area is 141 Å². The molecule has 5 nitrogen and oxygen atoms in total. The van der Waals surface area contributed by atoms with Gasteiger partial charge in [-0.05, 0) is 67.4 Å². The summed E-state index contributed by atoms with van der Waals surface area (Å²) in [6, 6.07) is 4.57. The van der Waals surface area contributed by atoms with E-state index >= 15 is 0 Å². The van der Waals surface area contributed by atoms with Gasteiger partial charge in [0.2, 0.25) is 0 Å². The third-order valence-corrected chi connectivity index (χ3v) is 6.21. The van der Waals surface area contributed by atoms with E-state index < -0.39 is 5.97 Å². The maximum atomic E-state index is 12.7. The van der Waals surface area contributed by atoms with Gasteiger partial charge < -0.3 is 10.4 Å². The van der Waals surface area contributed by atoms with Gasteiger partial charge >= 0.3 is 5.97 Å². The molecule has 1 amide bonds. The van der Waals surface area contributed by atoms with Crippen LogP contribution in [0.15, 0.2) is 18.2 Å². The molecule has 0 saturated heterocycles. The Hall–Kier alpha value is -1.91. The van der Waals surface area contributed by atoms with Gasteiger partial charge in [0.25, 0.3) is 5.91 Å². The van der Waals surface area contributed by atoms with Crippen molar-refractivity contribution in [3.8, 4) is 0 Å². The van der Waals surface area contributed by atoms with E-state index in [0.717, 1.165) is 19.3 Å². The summed E-state index contributed by atoms with van der Waals surface area (Å²) in [5.41, 5.74) is 0.587. The van der Waals surface area contributed by atoms with Crippen LogP contribution in [-0.4, -0.2) is 27.5 Å². The average molecular weight is 328 g/mol. The number of carboxylic acids is 1. The SMILES string of the molecule is CC12CC3CC(NC(=O)c4cccc(C(=O)O)n4)(C1)C[C@@](C)(C3)C2. The molecule has 5 heteroatoms. The van der Waals surface area contributed by atoms with Gasteiger partial charge in [-0.1, -0.05) is 19.9 Å². The molecule has 1 heterocycles. The highest BCUT2D eigenvalue weighted by atomic mass is 16.4. The number of rotatable bonds is 3. The second-order valence-corrected chi connectivity index (χ2v) is 9.08. The fourth-order valence-electron chi connectivity index (χ4n) is 6.57. The largest absolute Gasteiger partial charge is 0.477 e. The zero-order chi connectivity index (χ0) is 17.2. The van der Waals surface area contributed by atoms with Gasteiger partial charge in [0.05, 0.1) is 0 Å². The van der Waals surface area contributed by atoms with E-state index in [2.05, 4.69) is 24.1 Å². The number of carboxylic acid groups (broad SMARTS) is 1. The first-order chi connectivity index (χ1) is 11.2. The molecular weight excluding hydrogens is 304 g/mol. The van der Waals surface area contributed by atoms with E-state index in [1.165, 1.54) is 25.3 Å². The normalized spacial score (nSPS) is 39.7. The van der Waals surface area contributed by atoms with Crippen LogP contribution in [0.5, 0.6) is 0 Å². The van der Waals surface area contributed by atoms with Crippen LogP contribution in [0.3, 0.4) is 0 Å². The molecule has 128 valence electrons. The van der Waals surface area contributed by atoms with Crippen LogP contribution in [0.4, 0.5) is 0 Å². The van der Waals surface area contributed by atoms with E-state index in [-0.39, 0.29) is 22.8 Å². The van der Waals surface area contributed by atoms with Gasteiger partial charge in [-0.2, -0.15) is 0 Å². The highest BCUT2D eigenvalue weighted by molar-refractivity contribution is 5.94. The predicted octanol–water partition coefficient (Wildman–Crippen LogP) is 3.26. The summed E-state index contributed by atoms with van der Waals surface area (Å²) in [7, 11) is 0. The van der Waals surface area contributed by atoms with Gasteiger partial charge in [-0.3, -0.25) is 4.79 Å². The van der Waals surface area contributed by atoms with E-state index in [1.54, 1.807) is 12.1 Å². The Morgan fingerprint density at radius 1 is 1.08 bits per heavy atom. The molecule has 4 atom stereocenters. The second kappa shape index (κ2) is 4.80. The van der Waals surface area contributed by atoms with E-state index in [4.69, 9.17) is 5.11 Å². The highest BCUT2D eigenvalue weighted by Gasteiger charge is 2.60. The highest BCUT2D eigenvalue weighted by Crippen LogP contribution is 2.66. The Balaban J connectivity index is 1.60. The Kier molecular flexibility index (Phi) is 3.12.